The molecule has 2 aromatic rings. The number of amides is 1. The van der Waals surface area contributed by atoms with Crippen molar-refractivity contribution >= 4 is 5.91 Å². The van der Waals surface area contributed by atoms with Crippen molar-refractivity contribution in [2.24, 2.45) is 0 Å². The van der Waals surface area contributed by atoms with Gasteiger partial charge < -0.3 is 9.64 Å². The molecule has 1 fully saturated rings. The molecule has 0 N–H and O–H groups in total. The van der Waals surface area contributed by atoms with Crippen LogP contribution < -0.4 is 4.74 Å². The van der Waals surface area contributed by atoms with E-state index in [2.05, 4.69) is 14.9 Å². The third-order valence-corrected chi connectivity index (χ3v) is 4.08. The maximum atomic E-state index is 13.5. The van der Waals surface area contributed by atoms with E-state index in [4.69, 9.17) is 4.74 Å². The molecule has 1 amide bonds. The molecule has 1 aromatic carbocycles. The van der Waals surface area contributed by atoms with Crippen molar-refractivity contribution < 1.29 is 13.9 Å². The Morgan fingerprint density at radius 3 is 2.71 bits per heavy atom. The average molecular weight is 330 g/mol. The van der Waals surface area contributed by atoms with Crippen LogP contribution in [0.2, 0.25) is 0 Å². The summed E-state index contributed by atoms with van der Waals surface area (Å²) < 4.78 is 18.7. The molecule has 24 heavy (non-hydrogen) atoms. The first kappa shape index (κ1) is 16.3. The molecule has 7 heteroatoms. The van der Waals surface area contributed by atoms with Crippen LogP contribution in [0.3, 0.4) is 0 Å². The molecule has 0 saturated carbocycles. The molecule has 1 aromatic heterocycles. The number of carbonyl (C=O) groups is 1. The van der Waals surface area contributed by atoms with Gasteiger partial charge >= 0.3 is 0 Å². The van der Waals surface area contributed by atoms with Crippen LogP contribution >= 0.6 is 0 Å². The van der Waals surface area contributed by atoms with E-state index < -0.39 is 0 Å². The first-order chi connectivity index (χ1) is 11.7. The molecular weight excluding hydrogens is 311 g/mol. The molecule has 1 saturated heterocycles. The second-order valence-corrected chi connectivity index (χ2v) is 5.62. The normalized spacial score (nSPS) is 15.3. The Kier molecular flexibility index (Phi) is 5.00. The summed E-state index contributed by atoms with van der Waals surface area (Å²) in [5.41, 5.74) is 1.17. The predicted octanol–water partition coefficient (Wildman–Crippen LogP) is 1.58. The predicted molar refractivity (Wildman–Crippen MR) is 86.2 cm³/mol. The number of hydrogen-bond donors (Lipinski definition) is 0. The van der Waals surface area contributed by atoms with Crippen molar-refractivity contribution in [2.45, 2.75) is 6.54 Å². The van der Waals surface area contributed by atoms with Crippen LogP contribution in [0.4, 0.5) is 4.39 Å². The largest absolute Gasteiger partial charge is 0.496 e. The highest BCUT2D eigenvalue weighted by molar-refractivity contribution is 5.92. The van der Waals surface area contributed by atoms with E-state index in [1.54, 1.807) is 24.3 Å². The number of aromatic nitrogens is 2. The number of piperazine rings is 1. The number of benzene rings is 1. The third-order valence-electron chi connectivity index (χ3n) is 4.08. The van der Waals surface area contributed by atoms with Crippen molar-refractivity contribution in [3.05, 3.63) is 53.9 Å². The molecule has 3 rings (SSSR count). The minimum atomic E-state index is -0.276. The van der Waals surface area contributed by atoms with Crippen molar-refractivity contribution in [2.75, 3.05) is 33.3 Å². The smallest absolute Gasteiger partial charge is 0.274 e. The van der Waals surface area contributed by atoms with Gasteiger partial charge in [-0.1, -0.05) is 0 Å². The van der Waals surface area contributed by atoms with E-state index in [0.29, 0.717) is 44.2 Å². The minimum absolute atomic E-state index is 0.105. The second kappa shape index (κ2) is 7.35. The van der Waals surface area contributed by atoms with Crippen LogP contribution in [0, 0.1) is 5.82 Å². The van der Waals surface area contributed by atoms with Gasteiger partial charge in [0.1, 0.15) is 17.3 Å². The lowest BCUT2D eigenvalue weighted by Gasteiger charge is -2.34. The zero-order valence-corrected chi connectivity index (χ0v) is 13.5. The molecule has 1 aliphatic heterocycles. The highest BCUT2D eigenvalue weighted by Gasteiger charge is 2.23. The fourth-order valence-electron chi connectivity index (χ4n) is 2.79. The number of carbonyl (C=O) groups excluding carboxylic acids is 1. The molecule has 0 spiro atoms. The number of hydrogen-bond acceptors (Lipinski definition) is 5. The van der Waals surface area contributed by atoms with Crippen LogP contribution in [0.15, 0.2) is 36.8 Å². The molecule has 1 aliphatic rings. The summed E-state index contributed by atoms with van der Waals surface area (Å²) in [4.78, 5) is 24.3. The fourth-order valence-corrected chi connectivity index (χ4v) is 2.79. The van der Waals surface area contributed by atoms with Crippen LogP contribution in [0.5, 0.6) is 5.75 Å². The molecule has 0 radical (unpaired) electrons. The summed E-state index contributed by atoms with van der Waals surface area (Å²) >= 11 is 0. The number of methoxy groups -OCH3 is 1. The van der Waals surface area contributed by atoms with Gasteiger partial charge in [-0.3, -0.25) is 14.7 Å². The molecule has 0 unspecified atom stereocenters. The summed E-state index contributed by atoms with van der Waals surface area (Å²) in [7, 11) is 1.58. The number of ether oxygens (including phenoxy) is 1. The van der Waals surface area contributed by atoms with Crippen LogP contribution in [0.1, 0.15) is 16.1 Å². The summed E-state index contributed by atoms with van der Waals surface area (Å²) in [6, 6.07) is 4.52. The Morgan fingerprint density at radius 2 is 2.04 bits per heavy atom. The van der Waals surface area contributed by atoms with E-state index in [9.17, 15) is 9.18 Å². The Labute approximate surface area is 139 Å². The van der Waals surface area contributed by atoms with Gasteiger partial charge in [-0.25, -0.2) is 9.37 Å². The monoisotopic (exact) mass is 330 g/mol. The standard InChI is InChI=1S/C17H19FN4O2/c1-24-16-3-2-14(18)10-13(16)12-21-6-8-22(9-7-21)17(23)15-11-19-4-5-20-15/h2-5,10-11H,6-9,12H2,1H3. The Hall–Kier alpha value is -2.54. The number of nitrogens with zero attached hydrogens (tertiary/aromatic N) is 4. The quantitative estimate of drug-likeness (QED) is 0.852. The van der Waals surface area contributed by atoms with E-state index in [-0.39, 0.29) is 11.7 Å². The highest BCUT2D eigenvalue weighted by atomic mass is 19.1. The first-order valence-corrected chi connectivity index (χ1v) is 7.77. The van der Waals surface area contributed by atoms with Gasteiger partial charge in [0.2, 0.25) is 0 Å². The van der Waals surface area contributed by atoms with Gasteiger partial charge in [0.15, 0.2) is 0 Å². The van der Waals surface area contributed by atoms with Gasteiger partial charge in [0.25, 0.3) is 5.91 Å². The minimum Gasteiger partial charge on any atom is -0.496 e. The van der Waals surface area contributed by atoms with E-state index >= 15 is 0 Å². The fraction of sp³-hybridized carbons (Fsp3) is 0.353. The van der Waals surface area contributed by atoms with Crippen LogP contribution in [-0.4, -0.2) is 59.0 Å². The molecular formula is C17H19FN4O2. The zero-order chi connectivity index (χ0) is 16.9. The number of rotatable bonds is 4. The average Bonchev–Trinajstić information content (AvgIpc) is 2.63. The molecule has 0 bridgehead atoms. The van der Waals surface area contributed by atoms with Crippen LogP contribution in [-0.2, 0) is 6.54 Å². The lowest BCUT2D eigenvalue weighted by atomic mass is 10.1. The second-order valence-electron chi connectivity index (χ2n) is 5.62. The maximum absolute atomic E-state index is 13.5. The SMILES string of the molecule is COc1ccc(F)cc1CN1CCN(C(=O)c2cnccn2)CC1. The summed E-state index contributed by atoms with van der Waals surface area (Å²) in [6.07, 6.45) is 4.53. The third kappa shape index (κ3) is 3.68. The Bertz CT molecular complexity index is 703. The summed E-state index contributed by atoms with van der Waals surface area (Å²) in [5, 5.41) is 0. The van der Waals surface area contributed by atoms with E-state index in [1.807, 2.05) is 0 Å². The molecule has 0 aliphatic carbocycles. The highest BCUT2D eigenvalue weighted by Crippen LogP contribution is 2.21. The van der Waals surface area contributed by atoms with Crippen molar-refractivity contribution in [1.29, 1.82) is 0 Å². The van der Waals surface area contributed by atoms with Crippen LogP contribution in [0.25, 0.3) is 0 Å². The summed E-state index contributed by atoms with van der Waals surface area (Å²) in [6.45, 7) is 3.23. The lowest BCUT2D eigenvalue weighted by Crippen LogP contribution is -2.48. The van der Waals surface area contributed by atoms with E-state index in [0.717, 1.165) is 5.56 Å². The Balaban J connectivity index is 1.60. The van der Waals surface area contributed by atoms with Gasteiger partial charge in [0.05, 0.1) is 13.3 Å². The van der Waals surface area contributed by atoms with Gasteiger partial charge in [-0.15, -0.1) is 0 Å². The van der Waals surface area contributed by atoms with Crippen molar-refractivity contribution in [1.82, 2.24) is 19.8 Å². The topological polar surface area (TPSA) is 58.6 Å². The Morgan fingerprint density at radius 1 is 1.25 bits per heavy atom. The molecule has 6 nitrogen and oxygen atoms in total. The van der Waals surface area contributed by atoms with Crippen molar-refractivity contribution in [3.8, 4) is 5.75 Å². The van der Waals surface area contributed by atoms with Gasteiger partial charge in [-0.2, -0.15) is 0 Å². The summed E-state index contributed by atoms with van der Waals surface area (Å²) in [5.74, 6) is 0.294. The lowest BCUT2D eigenvalue weighted by molar-refractivity contribution is 0.0621. The molecule has 0 atom stereocenters. The van der Waals surface area contributed by atoms with E-state index in [1.165, 1.54) is 24.5 Å². The maximum Gasteiger partial charge on any atom is 0.274 e. The zero-order valence-electron chi connectivity index (χ0n) is 13.5. The van der Waals surface area contributed by atoms with Crippen molar-refractivity contribution in [3.63, 3.8) is 0 Å². The number of halogens is 1. The molecule has 2 heterocycles. The molecule has 126 valence electrons. The van der Waals surface area contributed by atoms with Gasteiger partial charge in [-0.05, 0) is 18.2 Å². The van der Waals surface area contributed by atoms with Gasteiger partial charge in [0, 0.05) is 50.7 Å². The first-order valence-electron chi connectivity index (χ1n) is 7.77.